The Labute approximate surface area is 281 Å². The van der Waals surface area contributed by atoms with Gasteiger partial charge in [0.1, 0.15) is 5.67 Å². The molecule has 48 heavy (non-hydrogen) atoms. The number of halogens is 1. The Morgan fingerprint density at radius 1 is 1.02 bits per heavy atom. The first-order valence-corrected chi connectivity index (χ1v) is 17.2. The van der Waals surface area contributed by atoms with Crippen molar-refractivity contribution in [3.8, 4) is 0 Å². The standard InChI is InChI=1S/C39H44FN3O5/c1-25-36(38(2,3)40)33(21-35(46)42-23-28-14-8-7-13-27(28)19-30(42)24-44)48-39(25)31-20-29(41-18-10-9-15-34(41)45)16-17-32(31)43(37(39)47)22-26-11-5-4-6-12-26/h4-8,11-14,16-17,20,25,30,33,36,44H,9-10,15,18-19,21-24H2,1-3H3/t25-,30-,33+,36-,39+/m0/s1. The minimum Gasteiger partial charge on any atom is -0.394 e. The number of carbonyl (C=O) groups excluding carboxylic acids is 3. The zero-order valence-corrected chi connectivity index (χ0v) is 27.9. The average molecular weight is 654 g/mol. The summed E-state index contributed by atoms with van der Waals surface area (Å²) in [5.41, 5.74) is 1.68. The Bertz CT molecular complexity index is 1720. The van der Waals surface area contributed by atoms with Crippen LogP contribution in [0, 0.1) is 11.8 Å². The largest absolute Gasteiger partial charge is 0.394 e. The molecule has 9 heteroatoms. The SMILES string of the molecule is C[C@H]1[C@H](C(C)(C)F)[C@@H](CC(=O)N2Cc3ccccc3C[C@H]2CO)O[C@]12C(=O)N(Cc1ccccc1)c1ccc(N3CCCCC3=O)cc12. The Hall–Kier alpha value is -4.08. The number of hydrogen-bond acceptors (Lipinski definition) is 5. The first kappa shape index (κ1) is 32.5. The lowest BCUT2D eigenvalue weighted by Crippen LogP contribution is -2.48. The van der Waals surface area contributed by atoms with Gasteiger partial charge in [-0.15, -0.1) is 0 Å². The molecule has 252 valence electrons. The van der Waals surface area contributed by atoms with Crippen LogP contribution in [-0.2, 0) is 44.2 Å². The van der Waals surface area contributed by atoms with Gasteiger partial charge in [0.15, 0.2) is 5.60 Å². The monoisotopic (exact) mass is 653 g/mol. The molecule has 8 nitrogen and oxygen atoms in total. The molecule has 3 aromatic carbocycles. The van der Waals surface area contributed by atoms with Gasteiger partial charge in [-0.3, -0.25) is 14.4 Å². The highest BCUT2D eigenvalue weighted by molar-refractivity contribution is 6.08. The van der Waals surface area contributed by atoms with E-state index in [1.54, 1.807) is 14.7 Å². The van der Waals surface area contributed by atoms with Crippen LogP contribution in [0.4, 0.5) is 15.8 Å². The van der Waals surface area contributed by atoms with E-state index in [1.807, 2.05) is 79.7 Å². The number of carbonyl (C=O) groups is 3. The third kappa shape index (κ3) is 5.41. The van der Waals surface area contributed by atoms with E-state index in [2.05, 4.69) is 0 Å². The maximum Gasteiger partial charge on any atom is 0.264 e. The number of fused-ring (bicyclic) bond motifs is 3. The van der Waals surface area contributed by atoms with Gasteiger partial charge < -0.3 is 24.5 Å². The highest BCUT2D eigenvalue weighted by Gasteiger charge is 2.66. The van der Waals surface area contributed by atoms with E-state index in [1.165, 1.54) is 13.8 Å². The van der Waals surface area contributed by atoms with Gasteiger partial charge in [-0.05, 0) is 68.0 Å². The molecule has 0 saturated carbocycles. The van der Waals surface area contributed by atoms with Crippen molar-refractivity contribution in [1.29, 1.82) is 0 Å². The summed E-state index contributed by atoms with van der Waals surface area (Å²) >= 11 is 0. The minimum atomic E-state index is -1.79. The van der Waals surface area contributed by atoms with E-state index in [-0.39, 0.29) is 30.7 Å². The van der Waals surface area contributed by atoms with Crippen molar-refractivity contribution in [1.82, 2.24) is 4.90 Å². The molecule has 5 atom stereocenters. The number of rotatable bonds is 7. The number of aliphatic hydroxyl groups excluding tert-OH is 1. The van der Waals surface area contributed by atoms with E-state index >= 15 is 4.39 Å². The van der Waals surface area contributed by atoms with Gasteiger partial charge in [0.25, 0.3) is 5.91 Å². The molecule has 0 bridgehead atoms. The summed E-state index contributed by atoms with van der Waals surface area (Å²) in [6, 6.07) is 22.8. The molecule has 7 rings (SSSR count). The fourth-order valence-corrected chi connectivity index (χ4v) is 8.74. The number of benzene rings is 3. The third-order valence-electron chi connectivity index (χ3n) is 11.0. The predicted molar refractivity (Wildman–Crippen MR) is 181 cm³/mol. The second kappa shape index (κ2) is 12.4. The van der Waals surface area contributed by atoms with Crippen molar-refractivity contribution >= 4 is 29.1 Å². The molecule has 3 aromatic rings. The maximum absolute atomic E-state index is 16.4. The van der Waals surface area contributed by atoms with Gasteiger partial charge in [-0.2, -0.15) is 0 Å². The van der Waals surface area contributed by atoms with E-state index in [0.717, 1.165) is 29.5 Å². The molecule has 2 fully saturated rings. The normalized spacial score (nSPS) is 27.1. The fourth-order valence-electron chi connectivity index (χ4n) is 8.74. The number of amides is 3. The molecule has 0 aliphatic carbocycles. The van der Waals surface area contributed by atoms with Gasteiger partial charge >= 0.3 is 0 Å². The summed E-state index contributed by atoms with van der Waals surface area (Å²) in [5, 5.41) is 10.3. The van der Waals surface area contributed by atoms with Crippen LogP contribution in [0.25, 0.3) is 0 Å². The Morgan fingerprint density at radius 2 is 1.75 bits per heavy atom. The van der Waals surface area contributed by atoms with E-state index in [0.29, 0.717) is 49.4 Å². The average Bonchev–Trinajstić information content (AvgIpc) is 3.50. The van der Waals surface area contributed by atoms with Crippen molar-refractivity contribution in [2.75, 3.05) is 23.0 Å². The van der Waals surface area contributed by atoms with E-state index in [9.17, 15) is 19.5 Å². The number of anilines is 2. The molecule has 0 unspecified atom stereocenters. The quantitative estimate of drug-likeness (QED) is 0.355. The summed E-state index contributed by atoms with van der Waals surface area (Å²) in [4.78, 5) is 47.1. The molecule has 1 N–H and O–H groups in total. The van der Waals surface area contributed by atoms with Crippen LogP contribution in [0.3, 0.4) is 0 Å². The number of hydrogen-bond donors (Lipinski definition) is 1. The first-order valence-electron chi connectivity index (χ1n) is 17.2. The molecule has 4 heterocycles. The van der Waals surface area contributed by atoms with Crippen LogP contribution in [0.5, 0.6) is 0 Å². The summed E-state index contributed by atoms with van der Waals surface area (Å²) in [7, 11) is 0. The second-order valence-corrected chi connectivity index (χ2v) is 14.4. The van der Waals surface area contributed by atoms with E-state index in [4.69, 9.17) is 4.74 Å². The van der Waals surface area contributed by atoms with Gasteiger partial charge in [0, 0.05) is 42.6 Å². The van der Waals surface area contributed by atoms with Crippen LogP contribution in [0.1, 0.15) is 68.7 Å². The van der Waals surface area contributed by atoms with Crippen LogP contribution in [0.15, 0.2) is 72.8 Å². The number of ether oxygens (including phenoxy) is 1. The van der Waals surface area contributed by atoms with Crippen LogP contribution >= 0.6 is 0 Å². The zero-order valence-electron chi connectivity index (χ0n) is 27.9. The number of nitrogens with zero attached hydrogens (tertiary/aromatic N) is 3. The van der Waals surface area contributed by atoms with Crippen LogP contribution < -0.4 is 9.80 Å². The lowest BCUT2D eigenvalue weighted by Gasteiger charge is -2.37. The van der Waals surface area contributed by atoms with E-state index < -0.39 is 35.3 Å². The molecule has 3 amide bonds. The highest BCUT2D eigenvalue weighted by Crippen LogP contribution is 2.59. The van der Waals surface area contributed by atoms with Gasteiger partial charge in [-0.1, -0.05) is 61.5 Å². The van der Waals surface area contributed by atoms with Gasteiger partial charge in [-0.25, -0.2) is 4.39 Å². The number of piperidine rings is 1. The maximum atomic E-state index is 16.4. The van der Waals surface area contributed by atoms with Crippen LogP contribution in [0.2, 0.25) is 0 Å². The summed E-state index contributed by atoms with van der Waals surface area (Å²) in [6.45, 7) is 5.88. The molecule has 1 spiro atoms. The molecular weight excluding hydrogens is 609 g/mol. The molecule has 4 aliphatic rings. The summed E-state index contributed by atoms with van der Waals surface area (Å²) in [6.07, 6.45) is 1.69. The topological polar surface area (TPSA) is 90.4 Å². The van der Waals surface area contributed by atoms with Gasteiger partial charge in [0.05, 0.1) is 37.4 Å². The number of aliphatic hydroxyl groups is 1. The molecule has 2 saturated heterocycles. The zero-order chi connectivity index (χ0) is 33.8. The van der Waals surface area contributed by atoms with Crippen molar-refractivity contribution in [3.05, 3.63) is 95.1 Å². The first-order chi connectivity index (χ1) is 23.0. The fraction of sp³-hybridized carbons (Fsp3) is 0.462. The minimum absolute atomic E-state index is 0.0360. The summed E-state index contributed by atoms with van der Waals surface area (Å²) < 4.78 is 23.3. The van der Waals surface area contributed by atoms with Crippen LogP contribution in [-0.4, -0.2) is 58.7 Å². The smallest absolute Gasteiger partial charge is 0.264 e. The number of alkyl halides is 1. The lowest BCUT2D eigenvalue weighted by molar-refractivity contribution is -0.151. The Kier molecular flexibility index (Phi) is 8.40. The predicted octanol–water partition coefficient (Wildman–Crippen LogP) is 5.68. The third-order valence-corrected chi connectivity index (χ3v) is 11.0. The molecule has 4 aliphatic heterocycles. The molecule has 0 aromatic heterocycles. The molecular formula is C39H44FN3O5. The second-order valence-electron chi connectivity index (χ2n) is 14.4. The van der Waals surface area contributed by atoms with Crippen molar-refractivity contribution in [2.45, 2.75) is 89.4 Å². The summed E-state index contributed by atoms with van der Waals surface area (Å²) in [5.74, 6) is -1.93. The molecule has 0 radical (unpaired) electrons. The van der Waals surface area contributed by atoms with Crippen molar-refractivity contribution < 1.29 is 28.6 Å². The van der Waals surface area contributed by atoms with Crippen molar-refractivity contribution in [2.24, 2.45) is 11.8 Å². The van der Waals surface area contributed by atoms with Crippen molar-refractivity contribution in [3.63, 3.8) is 0 Å². The Morgan fingerprint density at radius 3 is 2.46 bits per heavy atom. The Balaban J connectivity index is 1.28. The highest BCUT2D eigenvalue weighted by atomic mass is 19.1. The lowest BCUT2D eigenvalue weighted by atomic mass is 9.71. The van der Waals surface area contributed by atoms with Gasteiger partial charge in [0.2, 0.25) is 11.8 Å².